The Morgan fingerprint density at radius 3 is 2.72 bits per heavy atom. The van der Waals surface area contributed by atoms with E-state index in [1.54, 1.807) is 23.1 Å². The molecule has 0 N–H and O–H groups in total. The first-order valence-corrected chi connectivity index (χ1v) is 9.75. The highest BCUT2D eigenvalue weighted by molar-refractivity contribution is 7.99. The number of carbonyl (C=O) groups excluding carboxylic acids is 1. The number of ketones is 1. The first kappa shape index (κ1) is 19.1. The molecular formula is C19H17FN6O2S. The van der Waals surface area contributed by atoms with Crippen molar-refractivity contribution in [3.05, 3.63) is 71.6 Å². The van der Waals surface area contributed by atoms with Gasteiger partial charge in [0.05, 0.1) is 5.75 Å². The molecule has 0 saturated carbocycles. The number of hydrogen-bond donors (Lipinski definition) is 0. The highest BCUT2D eigenvalue weighted by Crippen LogP contribution is 2.24. The van der Waals surface area contributed by atoms with Gasteiger partial charge in [-0.05, 0) is 44.2 Å². The van der Waals surface area contributed by atoms with Crippen molar-refractivity contribution < 1.29 is 13.6 Å². The summed E-state index contributed by atoms with van der Waals surface area (Å²) in [5.74, 6) is 0.206. The van der Waals surface area contributed by atoms with Crippen LogP contribution in [0.3, 0.4) is 0 Å². The van der Waals surface area contributed by atoms with Crippen molar-refractivity contribution in [2.45, 2.75) is 25.6 Å². The molecule has 148 valence electrons. The van der Waals surface area contributed by atoms with E-state index in [1.165, 1.54) is 30.2 Å². The van der Waals surface area contributed by atoms with E-state index in [0.717, 1.165) is 17.1 Å². The van der Waals surface area contributed by atoms with Crippen LogP contribution in [0, 0.1) is 19.7 Å². The average Bonchev–Trinajstić information content (AvgIpc) is 3.43. The molecule has 0 spiro atoms. The lowest BCUT2D eigenvalue weighted by Gasteiger charge is -2.09. The maximum absolute atomic E-state index is 13.2. The molecule has 8 nitrogen and oxygen atoms in total. The average molecular weight is 412 g/mol. The van der Waals surface area contributed by atoms with E-state index in [0.29, 0.717) is 23.2 Å². The van der Waals surface area contributed by atoms with Gasteiger partial charge < -0.3 is 8.98 Å². The van der Waals surface area contributed by atoms with E-state index in [2.05, 4.69) is 20.3 Å². The molecule has 4 aromatic rings. The van der Waals surface area contributed by atoms with Crippen LogP contribution in [0.15, 0.2) is 52.6 Å². The van der Waals surface area contributed by atoms with Crippen LogP contribution < -0.4 is 0 Å². The van der Waals surface area contributed by atoms with Gasteiger partial charge in [-0.25, -0.2) is 14.1 Å². The summed E-state index contributed by atoms with van der Waals surface area (Å²) in [5.41, 5.74) is 3.12. The second kappa shape index (κ2) is 8.00. The fourth-order valence-corrected chi connectivity index (χ4v) is 3.71. The predicted molar refractivity (Wildman–Crippen MR) is 104 cm³/mol. The Morgan fingerprint density at radius 2 is 2.00 bits per heavy atom. The Morgan fingerprint density at radius 1 is 1.21 bits per heavy atom. The third-order valence-electron chi connectivity index (χ3n) is 4.36. The topological polar surface area (TPSA) is 91.6 Å². The number of Topliss-reactive ketones (excluding diaryl/α,β-unsaturated/α-hetero) is 1. The zero-order valence-corrected chi connectivity index (χ0v) is 16.6. The van der Waals surface area contributed by atoms with Crippen LogP contribution in [0.1, 0.15) is 27.6 Å². The summed E-state index contributed by atoms with van der Waals surface area (Å²) in [6.07, 6.45) is 2.98. The number of thioether (sulfide) groups is 1. The smallest absolute Gasteiger partial charge is 0.277 e. The molecule has 0 atom stereocenters. The fourth-order valence-electron chi connectivity index (χ4n) is 3.05. The second-order valence-electron chi connectivity index (χ2n) is 6.36. The first-order valence-electron chi connectivity index (χ1n) is 8.77. The summed E-state index contributed by atoms with van der Waals surface area (Å²) in [6, 6.07) is 8.02. The monoisotopic (exact) mass is 412 g/mol. The van der Waals surface area contributed by atoms with Gasteiger partial charge in [0.2, 0.25) is 5.89 Å². The van der Waals surface area contributed by atoms with Crippen LogP contribution in [-0.4, -0.2) is 41.1 Å². The zero-order chi connectivity index (χ0) is 20.4. The molecule has 10 heteroatoms. The van der Waals surface area contributed by atoms with Crippen LogP contribution >= 0.6 is 11.8 Å². The quantitative estimate of drug-likeness (QED) is 0.340. The van der Waals surface area contributed by atoms with Crippen LogP contribution in [-0.2, 0) is 6.54 Å². The molecule has 0 aliphatic carbocycles. The van der Waals surface area contributed by atoms with Crippen molar-refractivity contribution in [2.24, 2.45) is 0 Å². The van der Waals surface area contributed by atoms with Gasteiger partial charge in [0.15, 0.2) is 5.78 Å². The lowest BCUT2D eigenvalue weighted by Crippen LogP contribution is -2.05. The van der Waals surface area contributed by atoms with Gasteiger partial charge in [-0.2, -0.15) is 5.10 Å². The molecule has 4 rings (SSSR count). The minimum atomic E-state index is -0.299. The highest BCUT2D eigenvalue weighted by Gasteiger charge is 2.18. The summed E-state index contributed by atoms with van der Waals surface area (Å²) >= 11 is 1.18. The van der Waals surface area contributed by atoms with Crippen molar-refractivity contribution in [3.8, 4) is 5.69 Å². The molecular weight excluding hydrogens is 395 g/mol. The van der Waals surface area contributed by atoms with Crippen LogP contribution in [0.2, 0.25) is 0 Å². The van der Waals surface area contributed by atoms with E-state index >= 15 is 0 Å². The highest BCUT2D eigenvalue weighted by atomic mass is 32.2. The third-order valence-corrected chi connectivity index (χ3v) is 5.17. The molecule has 1 aromatic carbocycles. The van der Waals surface area contributed by atoms with Crippen LogP contribution in [0.25, 0.3) is 5.69 Å². The first-order chi connectivity index (χ1) is 14.0. The number of hydrogen-bond acceptors (Lipinski definition) is 7. The molecule has 0 saturated heterocycles. The Hall–Kier alpha value is -3.27. The summed E-state index contributed by atoms with van der Waals surface area (Å²) in [7, 11) is 0. The maximum atomic E-state index is 13.2. The molecule has 3 aromatic heterocycles. The molecule has 0 amide bonds. The van der Waals surface area contributed by atoms with Gasteiger partial charge in [-0.15, -0.1) is 10.2 Å². The van der Waals surface area contributed by atoms with E-state index in [4.69, 9.17) is 4.42 Å². The number of aryl methyl sites for hydroxylation is 1. The van der Waals surface area contributed by atoms with Crippen LogP contribution in [0.5, 0.6) is 0 Å². The number of benzene rings is 1. The van der Waals surface area contributed by atoms with Gasteiger partial charge in [0, 0.05) is 22.6 Å². The fraction of sp³-hybridized carbons (Fsp3) is 0.211. The number of nitrogens with zero attached hydrogens (tertiary/aromatic N) is 6. The third kappa shape index (κ3) is 4.11. The van der Waals surface area contributed by atoms with Crippen LogP contribution in [0.4, 0.5) is 4.39 Å². The minimum absolute atomic E-state index is 0.0486. The number of halogens is 1. The van der Waals surface area contributed by atoms with E-state index in [1.807, 2.05) is 24.5 Å². The molecule has 0 bridgehead atoms. The summed E-state index contributed by atoms with van der Waals surface area (Å²) in [4.78, 5) is 16.6. The largest absolute Gasteiger partial charge is 0.414 e. The van der Waals surface area contributed by atoms with Crippen molar-refractivity contribution in [3.63, 3.8) is 0 Å². The Balaban J connectivity index is 1.44. The van der Waals surface area contributed by atoms with Crippen molar-refractivity contribution in [1.29, 1.82) is 0 Å². The Kier molecular flexibility index (Phi) is 5.26. The van der Waals surface area contributed by atoms with E-state index in [9.17, 15) is 9.18 Å². The van der Waals surface area contributed by atoms with Gasteiger partial charge >= 0.3 is 0 Å². The molecule has 3 heterocycles. The summed E-state index contributed by atoms with van der Waals surface area (Å²) in [6.45, 7) is 4.10. The molecule has 0 fully saturated rings. The standard InChI is InChI=1S/C19H17FN6O2S/c1-12-7-16(13(2)26(12)15-5-3-14(20)4-6-15)17(27)9-29-19-24-23-18(28-19)8-25-11-21-10-22-25/h3-7,10-11H,8-9H2,1-2H3. The minimum Gasteiger partial charge on any atom is -0.414 e. The Labute approximate surface area is 169 Å². The number of carbonyl (C=O) groups is 1. The number of aromatic nitrogens is 6. The molecule has 0 aliphatic heterocycles. The number of rotatable bonds is 7. The molecule has 0 radical (unpaired) electrons. The lowest BCUT2D eigenvalue weighted by molar-refractivity contribution is 0.102. The van der Waals surface area contributed by atoms with Crippen molar-refractivity contribution >= 4 is 17.5 Å². The second-order valence-corrected chi connectivity index (χ2v) is 7.29. The van der Waals surface area contributed by atoms with E-state index < -0.39 is 0 Å². The van der Waals surface area contributed by atoms with Gasteiger partial charge in [-0.3, -0.25) is 4.79 Å². The predicted octanol–water partition coefficient (Wildman–Crippen LogP) is 3.23. The van der Waals surface area contributed by atoms with Gasteiger partial charge in [0.1, 0.15) is 25.0 Å². The summed E-state index contributed by atoms with van der Waals surface area (Å²) < 4.78 is 22.3. The normalized spacial score (nSPS) is 11.1. The van der Waals surface area contributed by atoms with Gasteiger partial charge in [0.25, 0.3) is 5.22 Å². The van der Waals surface area contributed by atoms with Crippen molar-refractivity contribution in [1.82, 2.24) is 29.5 Å². The molecule has 0 aliphatic rings. The zero-order valence-electron chi connectivity index (χ0n) is 15.7. The Bertz CT molecular complexity index is 1130. The van der Waals surface area contributed by atoms with E-state index in [-0.39, 0.29) is 17.4 Å². The molecule has 0 unspecified atom stereocenters. The lowest BCUT2D eigenvalue weighted by atomic mass is 10.2. The molecule has 29 heavy (non-hydrogen) atoms. The summed E-state index contributed by atoms with van der Waals surface area (Å²) in [5, 5.41) is 12.2. The van der Waals surface area contributed by atoms with Crippen molar-refractivity contribution in [2.75, 3.05) is 5.75 Å². The maximum Gasteiger partial charge on any atom is 0.277 e. The van der Waals surface area contributed by atoms with Gasteiger partial charge in [-0.1, -0.05) is 11.8 Å². The SMILES string of the molecule is Cc1cc(C(=O)CSc2nnc(Cn3cncn3)o2)c(C)n1-c1ccc(F)cc1.